The number of alkyl halides is 3. The number of aromatic nitrogens is 3. The SMILES string of the molecule is Cc1nc2c(=O)cc3n(c2nc1-c1ccc(C(F)(F)F)cc1Cl)C(C(N)=O)CC3C.Cl. The predicted molar refractivity (Wildman–Crippen MR) is 112 cm³/mol. The van der Waals surface area contributed by atoms with E-state index >= 15 is 0 Å². The molecule has 2 N–H and O–H groups in total. The van der Waals surface area contributed by atoms with Crippen LogP contribution < -0.4 is 11.2 Å². The molecule has 2 aromatic heterocycles. The lowest BCUT2D eigenvalue weighted by atomic mass is 10.0. The van der Waals surface area contributed by atoms with Crippen molar-refractivity contribution in [3.63, 3.8) is 0 Å². The summed E-state index contributed by atoms with van der Waals surface area (Å²) in [4.78, 5) is 33.4. The van der Waals surface area contributed by atoms with Crippen molar-refractivity contribution >= 4 is 41.1 Å². The minimum Gasteiger partial charge on any atom is -0.368 e. The standard InChI is InChI=1S/C20H16ClF3N4O2.ClH/c1-8-5-14(18(25)30)28-13(8)7-15(29)17-19(28)27-16(9(2)26-17)11-4-3-10(6-12(11)21)20(22,23)24;/h3-4,6-8,14H,5H2,1-2H3,(H2,25,30);1H. The van der Waals surface area contributed by atoms with Crippen LogP contribution in [0.3, 0.4) is 0 Å². The molecule has 0 radical (unpaired) electrons. The van der Waals surface area contributed by atoms with Crippen LogP contribution in [-0.2, 0) is 11.0 Å². The van der Waals surface area contributed by atoms with Crippen molar-refractivity contribution in [1.29, 1.82) is 0 Å². The van der Waals surface area contributed by atoms with Crippen molar-refractivity contribution in [2.75, 3.05) is 0 Å². The average molecular weight is 473 g/mol. The summed E-state index contributed by atoms with van der Waals surface area (Å²) in [6.45, 7) is 3.45. The van der Waals surface area contributed by atoms with E-state index in [1.165, 1.54) is 12.1 Å². The lowest BCUT2D eigenvalue weighted by Gasteiger charge is -2.16. The number of nitrogens with zero attached hydrogens (tertiary/aromatic N) is 3. The number of hydrogen-bond acceptors (Lipinski definition) is 4. The van der Waals surface area contributed by atoms with Gasteiger partial charge in [-0.05, 0) is 31.4 Å². The predicted octanol–water partition coefficient (Wildman–Crippen LogP) is 4.39. The van der Waals surface area contributed by atoms with Crippen molar-refractivity contribution in [1.82, 2.24) is 14.5 Å². The lowest BCUT2D eigenvalue weighted by molar-refractivity contribution is -0.137. The molecule has 4 rings (SSSR count). The largest absolute Gasteiger partial charge is 0.416 e. The molecule has 3 heterocycles. The molecule has 3 aromatic rings. The molecular formula is C20H17Cl2F3N4O2. The lowest BCUT2D eigenvalue weighted by Crippen LogP contribution is -2.26. The van der Waals surface area contributed by atoms with E-state index < -0.39 is 23.7 Å². The zero-order valence-corrected chi connectivity index (χ0v) is 17.9. The monoisotopic (exact) mass is 472 g/mol. The van der Waals surface area contributed by atoms with Crippen molar-refractivity contribution in [2.24, 2.45) is 5.73 Å². The van der Waals surface area contributed by atoms with E-state index in [9.17, 15) is 22.8 Å². The van der Waals surface area contributed by atoms with E-state index in [2.05, 4.69) is 9.97 Å². The zero-order valence-electron chi connectivity index (χ0n) is 16.3. The Morgan fingerprint density at radius 2 is 1.94 bits per heavy atom. The number of carbonyl (C=O) groups is 1. The van der Waals surface area contributed by atoms with Gasteiger partial charge >= 0.3 is 6.18 Å². The Morgan fingerprint density at radius 3 is 2.52 bits per heavy atom. The maximum atomic E-state index is 13.0. The van der Waals surface area contributed by atoms with Gasteiger partial charge in [0.2, 0.25) is 11.3 Å². The van der Waals surface area contributed by atoms with Gasteiger partial charge in [-0.1, -0.05) is 24.6 Å². The number of benzene rings is 1. The quantitative estimate of drug-likeness (QED) is 0.598. The molecule has 0 spiro atoms. The highest BCUT2D eigenvalue weighted by atomic mass is 35.5. The second kappa shape index (κ2) is 7.80. The van der Waals surface area contributed by atoms with Gasteiger partial charge in [0.15, 0.2) is 11.2 Å². The number of fused-ring (bicyclic) bond motifs is 3. The molecule has 164 valence electrons. The van der Waals surface area contributed by atoms with Crippen LogP contribution in [0.1, 0.15) is 42.3 Å². The Morgan fingerprint density at radius 1 is 1.26 bits per heavy atom. The van der Waals surface area contributed by atoms with Gasteiger partial charge in [0, 0.05) is 17.3 Å². The van der Waals surface area contributed by atoms with Crippen molar-refractivity contribution in [2.45, 2.75) is 38.4 Å². The Bertz CT molecular complexity index is 1270. The van der Waals surface area contributed by atoms with E-state index in [-0.39, 0.29) is 51.2 Å². The van der Waals surface area contributed by atoms with Gasteiger partial charge in [-0.2, -0.15) is 13.2 Å². The fourth-order valence-electron chi connectivity index (χ4n) is 3.89. The molecule has 0 fully saturated rings. The Labute approximate surface area is 185 Å². The van der Waals surface area contributed by atoms with Crippen molar-refractivity contribution < 1.29 is 18.0 Å². The normalized spacial score (nSPS) is 18.0. The van der Waals surface area contributed by atoms with E-state index in [0.29, 0.717) is 17.8 Å². The van der Waals surface area contributed by atoms with E-state index in [1.54, 1.807) is 11.5 Å². The second-order valence-corrected chi connectivity index (χ2v) is 7.79. The summed E-state index contributed by atoms with van der Waals surface area (Å²) in [5, 5.41) is -0.152. The summed E-state index contributed by atoms with van der Waals surface area (Å²) >= 11 is 6.13. The van der Waals surface area contributed by atoms with Crippen LogP contribution in [0.25, 0.3) is 22.4 Å². The first-order valence-corrected chi connectivity index (χ1v) is 9.47. The molecule has 0 bridgehead atoms. The zero-order chi connectivity index (χ0) is 22.0. The fraction of sp³-hybridized carbons (Fsp3) is 0.300. The van der Waals surface area contributed by atoms with Gasteiger partial charge in [0.05, 0.1) is 22.0 Å². The Kier molecular flexibility index (Phi) is 5.79. The van der Waals surface area contributed by atoms with Crippen molar-refractivity contribution in [3.05, 3.63) is 56.5 Å². The van der Waals surface area contributed by atoms with Crippen LogP contribution in [0.2, 0.25) is 5.02 Å². The van der Waals surface area contributed by atoms with Crippen LogP contribution >= 0.6 is 24.0 Å². The van der Waals surface area contributed by atoms with E-state index in [0.717, 1.165) is 12.1 Å². The number of hydrogen-bond donors (Lipinski definition) is 1. The summed E-state index contributed by atoms with van der Waals surface area (Å²) in [6.07, 6.45) is -4.12. The number of aryl methyl sites for hydroxylation is 1. The number of rotatable bonds is 2. The highest BCUT2D eigenvalue weighted by Crippen LogP contribution is 2.39. The third-order valence-electron chi connectivity index (χ3n) is 5.34. The number of halogens is 5. The first-order valence-electron chi connectivity index (χ1n) is 9.09. The third kappa shape index (κ3) is 3.76. The smallest absolute Gasteiger partial charge is 0.368 e. The highest BCUT2D eigenvalue weighted by Gasteiger charge is 2.34. The van der Waals surface area contributed by atoms with Crippen LogP contribution in [0.15, 0.2) is 29.1 Å². The molecule has 0 aliphatic carbocycles. The molecule has 0 saturated heterocycles. The minimum atomic E-state index is -4.54. The minimum absolute atomic E-state index is 0. The molecule has 11 heteroatoms. The second-order valence-electron chi connectivity index (χ2n) is 7.38. The number of carbonyl (C=O) groups excluding carboxylic acids is 1. The first kappa shape index (κ1) is 23.0. The molecule has 1 aliphatic rings. The van der Waals surface area contributed by atoms with Crippen LogP contribution in [0.4, 0.5) is 13.2 Å². The van der Waals surface area contributed by atoms with Crippen molar-refractivity contribution in [3.8, 4) is 11.3 Å². The average Bonchev–Trinajstić information content (AvgIpc) is 2.98. The molecule has 6 nitrogen and oxygen atoms in total. The topological polar surface area (TPSA) is 90.9 Å². The van der Waals surface area contributed by atoms with Gasteiger partial charge in [0.1, 0.15) is 6.04 Å². The fourth-order valence-corrected chi connectivity index (χ4v) is 4.16. The van der Waals surface area contributed by atoms with Crippen LogP contribution in [0.5, 0.6) is 0 Å². The molecule has 2 unspecified atom stereocenters. The number of amides is 1. The Balaban J connectivity index is 0.00000272. The molecule has 1 amide bonds. The number of nitrogens with two attached hydrogens (primary N) is 1. The van der Waals surface area contributed by atoms with Gasteiger partial charge in [-0.3, -0.25) is 9.59 Å². The van der Waals surface area contributed by atoms with E-state index in [1.807, 2.05) is 6.92 Å². The summed E-state index contributed by atoms with van der Waals surface area (Å²) in [5.41, 5.74) is 5.92. The summed E-state index contributed by atoms with van der Waals surface area (Å²) in [6, 6.07) is 3.66. The van der Waals surface area contributed by atoms with Gasteiger partial charge in [0.25, 0.3) is 0 Å². The summed E-state index contributed by atoms with van der Waals surface area (Å²) in [5.74, 6) is -0.664. The molecule has 31 heavy (non-hydrogen) atoms. The number of primary amides is 1. The van der Waals surface area contributed by atoms with E-state index in [4.69, 9.17) is 17.3 Å². The van der Waals surface area contributed by atoms with Crippen LogP contribution in [-0.4, -0.2) is 20.4 Å². The molecule has 1 aromatic carbocycles. The molecule has 2 atom stereocenters. The molecule has 0 saturated carbocycles. The van der Waals surface area contributed by atoms with Gasteiger partial charge < -0.3 is 10.3 Å². The maximum Gasteiger partial charge on any atom is 0.416 e. The maximum absolute atomic E-state index is 13.0. The number of pyridine rings is 1. The third-order valence-corrected chi connectivity index (χ3v) is 5.66. The molecule has 1 aliphatic heterocycles. The Hall–Kier alpha value is -2.65. The van der Waals surface area contributed by atoms with Crippen LogP contribution in [0, 0.1) is 6.92 Å². The highest BCUT2D eigenvalue weighted by molar-refractivity contribution is 6.33. The molecular weight excluding hydrogens is 456 g/mol. The summed E-state index contributed by atoms with van der Waals surface area (Å²) in [7, 11) is 0. The first-order chi connectivity index (χ1) is 14.0. The summed E-state index contributed by atoms with van der Waals surface area (Å²) < 4.78 is 40.5. The van der Waals surface area contributed by atoms with Gasteiger partial charge in [-0.25, -0.2) is 9.97 Å². The van der Waals surface area contributed by atoms with Gasteiger partial charge in [-0.15, -0.1) is 12.4 Å².